The molecular weight excluding hydrogens is 266 g/mol. The van der Waals surface area contributed by atoms with Crippen molar-refractivity contribution in [1.29, 1.82) is 0 Å². The third-order valence-electron chi connectivity index (χ3n) is 2.34. The van der Waals surface area contributed by atoms with Gasteiger partial charge in [0, 0.05) is 13.1 Å². The predicted octanol–water partition coefficient (Wildman–Crippen LogP) is 0.353. The largest absolute Gasteiger partial charge is 0.472 e. The zero-order chi connectivity index (χ0) is 12.1. The van der Waals surface area contributed by atoms with E-state index in [4.69, 9.17) is 21.1 Å². The number of nitrogens with zero attached hydrogens (tertiary/aromatic N) is 3. The first kappa shape index (κ1) is 12.8. The van der Waals surface area contributed by atoms with Crippen LogP contribution in [0.1, 0.15) is 0 Å². The quantitative estimate of drug-likeness (QED) is 0.785. The summed E-state index contributed by atoms with van der Waals surface area (Å²) in [6, 6.07) is 0. The average molecular weight is 280 g/mol. The number of aromatic nitrogens is 2. The maximum atomic E-state index is 9.32. The highest BCUT2D eigenvalue weighted by molar-refractivity contribution is 6.99. The highest BCUT2D eigenvalue weighted by atomic mass is 35.5. The van der Waals surface area contributed by atoms with E-state index in [9.17, 15) is 5.11 Å². The van der Waals surface area contributed by atoms with Crippen molar-refractivity contribution in [3.05, 3.63) is 0 Å². The van der Waals surface area contributed by atoms with Crippen LogP contribution in [0.2, 0.25) is 0 Å². The second kappa shape index (κ2) is 6.34. The Balaban J connectivity index is 1.95. The van der Waals surface area contributed by atoms with Gasteiger partial charge in [0.1, 0.15) is 12.7 Å². The molecule has 1 saturated heterocycles. The molecule has 1 fully saturated rings. The van der Waals surface area contributed by atoms with Gasteiger partial charge in [-0.05, 0) is 0 Å². The number of hydrogen-bond donors (Lipinski definition) is 1. The Morgan fingerprint density at radius 1 is 1.47 bits per heavy atom. The number of alkyl halides is 1. The first-order valence-electron chi connectivity index (χ1n) is 5.33. The molecule has 0 amide bonds. The molecule has 0 radical (unpaired) electrons. The maximum Gasteiger partial charge on any atom is 0.270 e. The van der Waals surface area contributed by atoms with Gasteiger partial charge in [0.25, 0.3) is 5.88 Å². The molecule has 0 bridgehead atoms. The van der Waals surface area contributed by atoms with Crippen molar-refractivity contribution in [2.75, 3.05) is 43.7 Å². The summed E-state index contributed by atoms with van der Waals surface area (Å²) in [4.78, 5) is 2.06. The molecule has 2 rings (SSSR count). The van der Waals surface area contributed by atoms with Crippen LogP contribution in [0.3, 0.4) is 0 Å². The van der Waals surface area contributed by atoms with E-state index in [1.54, 1.807) is 0 Å². The van der Waals surface area contributed by atoms with Crippen LogP contribution in [0.15, 0.2) is 0 Å². The minimum absolute atomic E-state index is 0.131. The Morgan fingerprint density at radius 2 is 2.24 bits per heavy atom. The topological polar surface area (TPSA) is 67.7 Å². The maximum absolute atomic E-state index is 9.32. The molecule has 1 N–H and O–H groups in total. The fourth-order valence-corrected chi connectivity index (χ4v) is 2.06. The summed E-state index contributed by atoms with van der Waals surface area (Å²) < 4.78 is 18.9. The normalized spacial score (nSPS) is 18.1. The standard InChI is InChI=1S/C9H14ClN3O3S/c10-5-7(14)6-16-9-8(11-17-12-9)13-1-3-15-4-2-13/h7,14H,1-6H2/t7-/m0/s1. The molecule has 1 aromatic rings. The van der Waals surface area contributed by atoms with E-state index in [0.717, 1.165) is 30.6 Å². The zero-order valence-corrected chi connectivity index (χ0v) is 10.8. The van der Waals surface area contributed by atoms with E-state index in [1.165, 1.54) is 0 Å². The minimum Gasteiger partial charge on any atom is -0.472 e. The Bertz CT molecular complexity index is 346. The van der Waals surface area contributed by atoms with Gasteiger partial charge in [0.05, 0.1) is 30.8 Å². The number of aliphatic hydroxyl groups excluding tert-OH is 1. The molecule has 1 atom stereocenters. The SMILES string of the molecule is O[C@@H](CCl)COc1nsnc1N1CCOCC1. The van der Waals surface area contributed by atoms with Gasteiger partial charge in [-0.15, -0.1) is 16.0 Å². The molecule has 0 unspecified atom stereocenters. The molecule has 1 aliphatic rings. The number of anilines is 1. The zero-order valence-electron chi connectivity index (χ0n) is 9.21. The third kappa shape index (κ3) is 3.41. The van der Waals surface area contributed by atoms with Crippen LogP contribution >= 0.6 is 23.3 Å². The second-order valence-electron chi connectivity index (χ2n) is 3.61. The molecule has 0 saturated carbocycles. The average Bonchev–Trinajstić information content (AvgIpc) is 2.85. The second-order valence-corrected chi connectivity index (χ2v) is 4.45. The van der Waals surface area contributed by atoms with Crippen LogP contribution in [0.25, 0.3) is 0 Å². The van der Waals surface area contributed by atoms with Gasteiger partial charge in [-0.25, -0.2) is 0 Å². The van der Waals surface area contributed by atoms with Crippen LogP contribution in [-0.4, -0.2) is 58.7 Å². The Labute approximate surface area is 108 Å². The van der Waals surface area contributed by atoms with Gasteiger partial charge in [-0.2, -0.15) is 4.37 Å². The molecule has 17 heavy (non-hydrogen) atoms. The number of halogens is 1. The van der Waals surface area contributed by atoms with E-state index in [1.807, 2.05) is 0 Å². The van der Waals surface area contributed by atoms with Gasteiger partial charge in [0.15, 0.2) is 0 Å². The summed E-state index contributed by atoms with van der Waals surface area (Å²) in [6.45, 7) is 3.05. The Kier molecular flexibility index (Phi) is 4.78. The van der Waals surface area contributed by atoms with E-state index >= 15 is 0 Å². The van der Waals surface area contributed by atoms with Crippen molar-refractivity contribution in [1.82, 2.24) is 8.75 Å². The van der Waals surface area contributed by atoms with Crippen LogP contribution in [0.5, 0.6) is 5.88 Å². The van der Waals surface area contributed by atoms with E-state index in [2.05, 4.69) is 13.6 Å². The molecule has 6 nitrogen and oxygen atoms in total. The molecule has 0 aliphatic carbocycles. The van der Waals surface area contributed by atoms with Crippen molar-refractivity contribution >= 4 is 29.1 Å². The Morgan fingerprint density at radius 3 is 2.94 bits per heavy atom. The lowest BCUT2D eigenvalue weighted by Crippen LogP contribution is -2.36. The third-order valence-corrected chi connectivity index (χ3v) is 3.20. The fraction of sp³-hybridized carbons (Fsp3) is 0.778. The summed E-state index contributed by atoms with van der Waals surface area (Å²) in [5, 5.41) is 9.32. The number of morpholine rings is 1. The molecule has 0 spiro atoms. The summed E-state index contributed by atoms with van der Waals surface area (Å²) in [6.07, 6.45) is -0.684. The lowest BCUT2D eigenvalue weighted by molar-refractivity contribution is 0.117. The molecule has 0 aromatic carbocycles. The number of rotatable bonds is 5. The lowest BCUT2D eigenvalue weighted by atomic mass is 10.4. The lowest BCUT2D eigenvalue weighted by Gasteiger charge is -2.26. The first-order chi connectivity index (χ1) is 8.31. The minimum atomic E-state index is -0.684. The number of aliphatic hydroxyl groups is 1. The molecule has 96 valence electrons. The van der Waals surface area contributed by atoms with Gasteiger partial charge in [-0.3, -0.25) is 0 Å². The fourth-order valence-electron chi connectivity index (χ4n) is 1.45. The van der Waals surface area contributed by atoms with Crippen molar-refractivity contribution < 1.29 is 14.6 Å². The van der Waals surface area contributed by atoms with Crippen molar-refractivity contribution in [3.8, 4) is 5.88 Å². The van der Waals surface area contributed by atoms with Gasteiger partial charge >= 0.3 is 0 Å². The highest BCUT2D eigenvalue weighted by Gasteiger charge is 2.20. The summed E-state index contributed by atoms with van der Waals surface area (Å²) in [7, 11) is 0. The molecule has 2 heterocycles. The van der Waals surface area contributed by atoms with Crippen LogP contribution in [0.4, 0.5) is 5.82 Å². The van der Waals surface area contributed by atoms with E-state index in [-0.39, 0.29) is 12.5 Å². The number of hydrogen-bond acceptors (Lipinski definition) is 7. The highest BCUT2D eigenvalue weighted by Crippen LogP contribution is 2.26. The number of ether oxygens (including phenoxy) is 2. The molecule has 8 heteroatoms. The predicted molar refractivity (Wildman–Crippen MR) is 65.2 cm³/mol. The van der Waals surface area contributed by atoms with E-state index in [0.29, 0.717) is 19.1 Å². The van der Waals surface area contributed by atoms with Gasteiger partial charge < -0.3 is 19.5 Å². The smallest absolute Gasteiger partial charge is 0.270 e. The monoisotopic (exact) mass is 279 g/mol. The van der Waals surface area contributed by atoms with Crippen LogP contribution < -0.4 is 9.64 Å². The van der Waals surface area contributed by atoms with Crippen LogP contribution in [0, 0.1) is 0 Å². The molecule has 1 aromatic heterocycles. The Hall–Kier alpha value is -0.630. The summed E-state index contributed by atoms with van der Waals surface area (Å²) >= 11 is 6.59. The van der Waals surface area contributed by atoms with Gasteiger partial charge in [-0.1, -0.05) is 0 Å². The van der Waals surface area contributed by atoms with Gasteiger partial charge in [0.2, 0.25) is 5.82 Å². The van der Waals surface area contributed by atoms with Crippen molar-refractivity contribution in [2.24, 2.45) is 0 Å². The summed E-state index contributed by atoms with van der Waals surface area (Å²) in [5.41, 5.74) is 0. The van der Waals surface area contributed by atoms with Crippen molar-refractivity contribution in [2.45, 2.75) is 6.10 Å². The molecular formula is C9H14ClN3O3S. The van der Waals surface area contributed by atoms with E-state index < -0.39 is 6.10 Å². The van der Waals surface area contributed by atoms with Crippen LogP contribution in [-0.2, 0) is 4.74 Å². The van der Waals surface area contributed by atoms with Crippen molar-refractivity contribution in [3.63, 3.8) is 0 Å². The molecule has 1 aliphatic heterocycles. The first-order valence-corrected chi connectivity index (χ1v) is 6.60. The summed E-state index contributed by atoms with van der Waals surface area (Å²) in [5.74, 6) is 1.32.